The average Bonchev–Trinajstić information content (AvgIpc) is 2.31. The molecular formula is C10H12N2O6. The van der Waals surface area contributed by atoms with Crippen LogP contribution in [0.4, 0.5) is 0 Å². The third-order valence-corrected chi connectivity index (χ3v) is 2.31. The maximum atomic E-state index is 11.4. The van der Waals surface area contributed by atoms with E-state index < -0.39 is 23.2 Å². The molecule has 1 aliphatic carbocycles. The second-order valence-electron chi connectivity index (χ2n) is 3.65. The van der Waals surface area contributed by atoms with Gasteiger partial charge < -0.3 is 20.2 Å². The van der Waals surface area contributed by atoms with Gasteiger partial charge >= 0.3 is 0 Å². The Balaban J connectivity index is 3.05. The van der Waals surface area contributed by atoms with Crippen LogP contribution in [0.15, 0.2) is 35.7 Å². The Kier molecular flexibility index (Phi) is 3.96. The van der Waals surface area contributed by atoms with E-state index in [2.05, 4.69) is 0 Å². The molecule has 0 amide bonds. The Morgan fingerprint density at radius 2 is 2.11 bits per heavy atom. The van der Waals surface area contributed by atoms with Crippen LogP contribution in [0, 0.1) is 10.1 Å². The van der Waals surface area contributed by atoms with Crippen molar-refractivity contribution in [2.24, 2.45) is 0 Å². The molecule has 8 nitrogen and oxygen atoms in total. The van der Waals surface area contributed by atoms with E-state index in [1.54, 1.807) is 0 Å². The van der Waals surface area contributed by atoms with Crippen LogP contribution in [0.2, 0.25) is 0 Å². The summed E-state index contributed by atoms with van der Waals surface area (Å²) in [6.45, 7) is -0.983. The number of ketones is 1. The zero-order valence-electron chi connectivity index (χ0n) is 9.48. The highest BCUT2D eigenvalue weighted by Gasteiger charge is 2.27. The first-order valence-electron chi connectivity index (χ1n) is 4.87. The fourth-order valence-electron chi connectivity index (χ4n) is 1.17. The van der Waals surface area contributed by atoms with Crippen LogP contribution in [0.5, 0.6) is 0 Å². The maximum Gasteiger partial charge on any atom is 0.270 e. The summed E-state index contributed by atoms with van der Waals surface area (Å²) >= 11 is 0. The van der Waals surface area contributed by atoms with Crippen molar-refractivity contribution in [3.8, 4) is 0 Å². The normalized spacial score (nSPS) is 17.9. The minimum Gasteiger partial charge on any atom is -0.389 e. The summed E-state index contributed by atoms with van der Waals surface area (Å²) in [4.78, 5) is 22.1. The van der Waals surface area contributed by atoms with Gasteiger partial charge in [0.2, 0.25) is 0 Å². The van der Waals surface area contributed by atoms with E-state index in [1.807, 2.05) is 0 Å². The van der Waals surface area contributed by atoms with Crippen molar-refractivity contribution >= 4 is 5.78 Å². The standard InChI is InChI=1S/C10H12N2O6/c1-11(10(15,16)6-13)5-7-4-8(12(17)18)2-3-9(7)14/h2-5,13,15-16H,6H2,1H3. The molecule has 0 saturated heterocycles. The molecule has 0 aromatic carbocycles. The molecule has 0 aliphatic heterocycles. The lowest BCUT2D eigenvalue weighted by Crippen LogP contribution is -2.46. The molecule has 0 aromatic rings. The number of carbonyl (C=O) groups excluding carboxylic acids is 1. The number of aliphatic hydroxyl groups excluding tert-OH is 1. The molecule has 0 radical (unpaired) electrons. The number of hydrogen-bond acceptors (Lipinski definition) is 7. The Morgan fingerprint density at radius 1 is 1.50 bits per heavy atom. The van der Waals surface area contributed by atoms with Crippen molar-refractivity contribution in [1.29, 1.82) is 0 Å². The Labute approximate surface area is 102 Å². The monoisotopic (exact) mass is 256 g/mol. The fourth-order valence-corrected chi connectivity index (χ4v) is 1.17. The molecule has 0 unspecified atom stereocenters. The van der Waals surface area contributed by atoms with Gasteiger partial charge in [0, 0.05) is 31.0 Å². The molecule has 0 aromatic heterocycles. The van der Waals surface area contributed by atoms with Crippen LogP contribution in [0.25, 0.3) is 0 Å². The van der Waals surface area contributed by atoms with E-state index in [0.29, 0.717) is 0 Å². The molecule has 98 valence electrons. The molecule has 0 heterocycles. The summed E-state index contributed by atoms with van der Waals surface area (Å²) < 4.78 is 0. The molecule has 0 spiro atoms. The van der Waals surface area contributed by atoms with Crippen LogP contribution in [-0.2, 0) is 4.79 Å². The third kappa shape index (κ3) is 3.00. The maximum absolute atomic E-state index is 11.4. The average molecular weight is 256 g/mol. The molecule has 1 aliphatic rings. The first-order chi connectivity index (χ1) is 8.27. The minimum absolute atomic E-state index is 0.0902. The molecule has 0 bridgehead atoms. The summed E-state index contributed by atoms with van der Waals surface area (Å²) in [5, 5.41) is 37.8. The molecule has 0 saturated carbocycles. The summed E-state index contributed by atoms with van der Waals surface area (Å²) in [6, 6.07) is 0. The Hall–Kier alpha value is -2.03. The van der Waals surface area contributed by atoms with E-state index >= 15 is 0 Å². The number of hydrogen-bond donors (Lipinski definition) is 3. The van der Waals surface area contributed by atoms with Gasteiger partial charge in [0.1, 0.15) is 6.61 Å². The number of likely N-dealkylation sites (N-methyl/N-ethyl adjacent to an activating group) is 1. The van der Waals surface area contributed by atoms with Crippen LogP contribution >= 0.6 is 0 Å². The second-order valence-corrected chi connectivity index (χ2v) is 3.65. The first kappa shape index (κ1) is 14.0. The summed E-state index contributed by atoms with van der Waals surface area (Å²) in [7, 11) is 1.20. The van der Waals surface area contributed by atoms with Crippen molar-refractivity contribution in [2.45, 2.75) is 5.91 Å². The van der Waals surface area contributed by atoms with Crippen molar-refractivity contribution in [3.63, 3.8) is 0 Å². The Morgan fingerprint density at radius 3 is 2.61 bits per heavy atom. The zero-order chi connectivity index (χ0) is 13.9. The van der Waals surface area contributed by atoms with E-state index in [0.717, 1.165) is 29.3 Å². The first-order valence-corrected chi connectivity index (χ1v) is 4.87. The van der Waals surface area contributed by atoms with Crippen molar-refractivity contribution < 1.29 is 25.0 Å². The number of carbonyl (C=O) groups is 1. The topological polar surface area (TPSA) is 124 Å². The number of nitro groups is 1. The van der Waals surface area contributed by atoms with Crippen molar-refractivity contribution in [2.75, 3.05) is 13.7 Å². The lowest BCUT2D eigenvalue weighted by molar-refractivity contribution is -0.419. The molecular weight excluding hydrogens is 244 g/mol. The van der Waals surface area contributed by atoms with E-state index in [1.165, 1.54) is 7.05 Å². The highest BCUT2D eigenvalue weighted by molar-refractivity contribution is 6.07. The smallest absolute Gasteiger partial charge is 0.270 e. The predicted molar refractivity (Wildman–Crippen MR) is 59.3 cm³/mol. The van der Waals surface area contributed by atoms with Gasteiger partial charge in [-0.25, -0.2) is 0 Å². The fraction of sp³-hybridized carbons (Fsp3) is 0.300. The number of aliphatic hydroxyl groups is 3. The van der Waals surface area contributed by atoms with Gasteiger partial charge in [-0.3, -0.25) is 14.9 Å². The van der Waals surface area contributed by atoms with E-state index in [-0.39, 0.29) is 11.3 Å². The van der Waals surface area contributed by atoms with E-state index in [9.17, 15) is 25.1 Å². The van der Waals surface area contributed by atoms with Gasteiger partial charge in [-0.05, 0) is 6.08 Å². The molecule has 0 fully saturated rings. The zero-order valence-corrected chi connectivity index (χ0v) is 9.48. The second kappa shape index (κ2) is 5.08. The highest BCUT2D eigenvalue weighted by atomic mass is 16.6. The summed E-state index contributed by atoms with van der Waals surface area (Å²) in [5.74, 6) is -3.06. The largest absolute Gasteiger partial charge is 0.389 e. The number of nitrogens with zero attached hydrogens (tertiary/aromatic N) is 2. The lowest BCUT2D eigenvalue weighted by Gasteiger charge is -2.29. The quantitative estimate of drug-likeness (QED) is 0.248. The van der Waals surface area contributed by atoms with Crippen LogP contribution in [0.3, 0.4) is 0 Å². The molecule has 3 N–H and O–H groups in total. The van der Waals surface area contributed by atoms with Crippen LogP contribution < -0.4 is 0 Å². The van der Waals surface area contributed by atoms with Crippen molar-refractivity contribution in [1.82, 2.24) is 4.90 Å². The third-order valence-electron chi connectivity index (χ3n) is 2.31. The van der Waals surface area contributed by atoms with Gasteiger partial charge in [-0.2, -0.15) is 0 Å². The molecule has 8 heteroatoms. The lowest BCUT2D eigenvalue weighted by atomic mass is 10.1. The summed E-state index contributed by atoms with van der Waals surface area (Å²) in [5.41, 5.74) is -0.382. The molecule has 18 heavy (non-hydrogen) atoms. The SMILES string of the molecule is CN(C=C1C=C([N+](=O)[O-])C=CC1=O)C(O)(O)CO. The van der Waals surface area contributed by atoms with Gasteiger partial charge in [0.15, 0.2) is 5.78 Å². The Bertz CT molecular complexity index is 463. The summed E-state index contributed by atoms with van der Waals surface area (Å²) in [6.07, 6.45) is 4.07. The van der Waals surface area contributed by atoms with Gasteiger partial charge in [0.25, 0.3) is 11.6 Å². The van der Waals surface area contributed by atoms with Crippen LogP contribution in [-0.4, -0.2) is 50.5 Å². The minimum atomic E-state index is -2.54. The number of rotatable bonds is 4. The highest BCUT2D eigenvalue weighted by Crippen LogP contribution is 2.16. The van der Waals surface area contributed by atoms with Crippen molar-refractivity contribution in [3.05, 3.63) is 45.8 Å². The molecule has 0 atom stereocenters. The number of allylic oxidation sites excluding steroid dienone is 4. The van der Waals surface area contributed by atoms with Gasteiger partial charge in [-0.15, -0.1) is 0 Å². The van der Waals surface area contributed by atoms with Crippen LogP contribution in [0.1, 0.15) is 0 Å². The predicted octanol–water partition coefficient (Wildman–Crippen LogP) is -1.27. The van der Waals surface area contributed by atoms with E-state index in [4.69, 9.17) is 5.11 Å². The molecule has 1 rings (SSSR count). The van der Waals surface area contributed by atoms with Gasteiger partial charge in [-0.1, -0.05) is 0 Å². The van der Waals surface area contributed by atoms with Gasteiger partial charge in [0.05, 0.1) is 4.92 Å².